The van der Waals surface area contributed by atoms with Crippen molar-refractivity contribution in [3.05, 3.63) is 65.7 Å². The highest BCUT2D eigenvalue weighted by Gasteiger charge is 2.48. The lowest BCUT2D eigenvalue weighted by Crippen LogP contribution is -2.42. The maximum atomic E-state index is 12.3. The van der Waals surface area contributed by atoms with Crippen LogP contribution in [0.3, 0.4) is 0 Å². The number of hydrogen-bond donors (Lipinski definition) is 2. The summed E-state index contributed by atoms with van der Waals surface area (Å²) >= 11 is 0. The molecule has 0 aliphatic heterocycles. The van der Waals surface area contributed by atoms with Gasteiger partial charge >= 0.3 is 0 Å². The highest BCUT2D eigenvalue weighted by molar-refractivity contribution is 7.90. The zero-order valence-electron chi connectivity index (χ0n) is 20.3. The van der Waals surface area contributed by atoms with E-state index in [0.717, 1.165) is 37.0 Å². The number of carbonyl (C=O) groups excluding carboxylic acids is 1. The minimum atomic E-state index is -3.43. The van der Waals surface area contributed by atoms with Gasteiger partial charge in [-0.05, 0) is 81.2 Å². The standard InChI is InChI=1S/C27H36N2O5S/c1-29-35(31,32)25-14-15-27(17-25,26(28)30)19-34-23-12-10-21(11-13-23)22-8-5-9-24(16-22)33-18-20-6-3-2-4-7-20/h2-9,16,21,23,25,29H,10-15,17-19H2,1H3,(H2,28,30)/t21?,23?,25-,27-/m0/s1. The van der Waals surface area contributed by atoms with E-state index in [1.54, 1.807) is 0 Å². The van der Waals surface area contributed by atoms with E-state index in [0.29, 0.717) is 25.4 Å². The fourth-order valence-electron chi connectivity index (χ4n) is 5.37. The smallest absolute Gasteiger partial charge is 0.226 e. The van der Waals surface area contributed by atoms with Crippen LogP contribution < -0.4 is 15.2 Å². The molecule has 0 bridgehead atoms. The molecule has 2 aromatic carbocycles. The number of benzene rings is 2. The summed E-state index contributed by atoms with van der Waals surface area (Å²) in [5.74, 6) is 0.851. The summed E-state index contributed by atoms with van der Waals surface area (Å²) in [6.45, 7) is 0.735. The summed E-state index contributed by atoms with van der Waals surface area (Å²) in [5, 5.41) is -0.601. The molecule has 0 heterocycles. The molecule has 2 fully saturated rings. The predicted octanol–water partition coefficient (Wildman–Crippen LogP) is 3.88. The van der Waals surface area contributed by atoms with Gasteiger partial charge in [-0.25, -0.2) is 13.1 Å². The first-order chi connectivity index (χ1) is 16.8. The Balaban J connectivity index is 1.28. The first kappa shape index (κ1) is 25.7. The van der Waals surface area contributed by atoms with Gasteiger partial charge in [0.05, 0.1) is 23.4 Å². The number of amides is 1. The topological polar surface area (TPSA) is 108 Å². The molecule has 2 atom stereocenters. The minimum Gasteiger partial charge on any atom is -0.489 e. The number of carbonyl (C=O) groups is 1. The van der Waals surface area contributed by atoms with Crippen LogP contribution in [-0.4, -0.2) is 39.3 Å². The lowest BCUT2D eigenvalue weighted by atomic mass is 9.82. The molecule has 2 aromatic rings. The molecular formula is C27H36N2O5S. The van der Waals surface area contributed by atoms with Gasteiger partial charge in [-0.1, -0.05) is 42.5 Å². The lowest BCUT2D eigenvalue weighted by Gasteiger charge is -2.32. The molecule has 0 radical (unpaired) electrons. The molecule has 190 valence electrons. The van der Waals surface area contributed by atoms with E-state index in [4.69, 9.17) is 15.2 Å². The van der Waals surface area contributed by atoms with Gasteiger partial charge in [0.1, 0.15) is 12.4 Å². The van der Waals surface area contributed by atoms with E-state index in [-0.39, 0.29) is 19.1 Å². The van der Waals surface area contributed by atoms with E-state index in [9.17, 15) is 13.2 Å². The van der Waals surface area contributed by atoms with E-state index in [1.807, 2.05) is 30.3 Å². The van der Waals surface area contributed by atoms with Gasteiger partial charge in [0, 0.05) is 0 Å². The molecular weight excluding hydrogens is 464 g/mol. The van der Waals surface area contributed by atoms with Crippen LogP contribution in [0.1, 0.15) is 62.0 Å². The van der Waals surface area contributed by atoms with Gasteiger partial charge in [0.25, 0.3) is 0 Å². The Labute approximate surface area is 208 Å². The molecule has 7 nitrogen and oxygen atoms in total. The number of ether oxygens (including phenoxy) is 2. The molecule has 0 spiro atoms. The van der Waals surface area contributed by atoms with Gasteiger partial charge in [-0.2, -0.15) is 0 Å². The second kappa shape index (κ2) is 11.1. The molecule has 4 rings (SSSR count). The monoisotopic (exact) mass is 500 g/mol. The van der Waals surface area contributed by atoms with Crippen LogP contribution in [0.5, 0.6) is 5.75 Å². The Hall–Kier alpha value is -2.42. The number of hydrogen-bond acceptors (Lipinski definition) is 5. The van der Waals surface area contributed by atoms with Crippen molar-refractivity contribution >= 4 is 15.9 Å². The third-order valence-electron chi connectivity index (χ3n) is 7.66. The van der Waals surface area contributed by atoms with Gasteiger partial charge in [-0.3, -0.25) is 4.79 Å². The average Bonchev–Trinajstić information content (AvgIpc) is 3.34. The van der Waals surface area contributed by atoms with Gasteiger partial charge in [0.15, 0.2) is 0 Å². The summed E-state index contributed by atoms with van der Waals surface area (Å²) in [4.78, 5) is 12.3. The third-order valence-corrected chi connectivity index (χ3v) is 9.51. The van der Waals surface area contributed by atoms with Crippen molar-refractivity contribution in [1.82, 2.24) is 4.72 Å². The minimum absolute atomic E-state index is 0.0555. The first-order valence-corrected chi connectivity index (χ1v) is 14.0. The number of rotatable bonds is 10. The molecule has 2 saturated carbocycles. The van der Waals surface area contributed by atoms with E-state index in [1.165, 1.54) is 12.6 Å². The third kappa shape index (κ3) is 6.23. The van der Waals surface area contributed by atoms with Crippen LogP contribution in [0, 0.1) is 5.41 Å². The van der Waals surface area contributed by atoms with E-state index >= 15 is 0 Å². The Morgan fingerprint density at radius 2 is 1.80 bits per heavy atom. The lowest BCUT2D eigenvalue weighted by molar-refractivity contribution is -0.133. The van der Waals surface area contributed by atoms with Crippen molar-refractivity contribution < 1.29 is 22.7 Å². The average molecular weight is 501 g/mol. The second-order valence-corrected chi connectivity index (χ2v) is 12.1. The molecule has 2 aliphatic carbocycles. The Kier molecular flexibility index (Phi) is 8.14. The van der Waals surface area contributed by atoms with Crippen molar-refractivity contribution in [2.45, 2.75) is 68.8 Å². The van der Waals surface area contributed by atoms with Gasteiger partial charge < -0.3 is 15.2 Å². The summed E-state index contributed by atoms with van der Waals surface area (Å²) in [7, 11) is -2.03. The Bertz CT molecular complexity index is 1100. The normalized spacial score (nSPS) is 26.9. The Morgan fingerprint density at radius 3 is 2.49 bits per heavy atom. The van der Waals surface area contributed by atoms with Gasteiger partial charge in [0.2, 0.25) is 15.9 Å². The quantitative estimate of drug-likeness (QED) is 0.515. The SMILES string of the molecule is CNS(=O)(=O)[C@H]1CC[C@](COC2CCC(c3cccc(OCc4ccccc4)c3)CC2)(C(N)=O)C1. The number of sulfonamides is 1. The van der Waals surface area contributed by atoms with Crippen molar-refractivity contribution in [1.29, 1.82) is 0 Å². The molecule has 8 heteroatoms. The van der Waals surface area contributed by atoms with Gasteiger partial charge in [-0.15, -0.1) is 0 Å². The van der Waals surface area contributed by atoms with Crippen molar-refractivity contribution in [3.63, 3.8) is 0 Å². The van der Waals surface area contributed by atoms with Crippen molar-refractivity contribution in [2.24, 2.45) is 11.1 Å². The highest BCUT2D eigenvalue weighted by atomic mass is 32.2. The molecule has 0 unspecified atom stereocenters. The van der Waals surface area contributed by atoms with Crippen LogP contribution in [0.2, 0.25) is 0 Å². The van der Waals surface area contributed by atoms with Crippen LogP contribution in [-0.2, 0) is 26.2 Å². The predicted molar refractivity (Wildman–Crippen MR) is 135 cm³/mol. The maximum Gasteiger partial charge on any atom is 0.226 e. The number of nitrogens with one attached hydrogen (secondary N) is 1. The van der Waals surface area contributed by atoms with Crippen LogP contribution >= 0.6 is 0 Å². The largest absolute Gasteiger partial charge is 0.489 e. The summed E-state index contributed by atoms with van der Waals surface area (Å²) in [6, 6.07) is 18.5. The molecule has 0 aromatic heterocycles. The van der Waals surface area contributed by atoms with Crippen molar-refractivity contribution in [3.8, 4) is 5.75 Å². The Morgan fingerprint density at radius 1 is 1.06 bits per heavy atom. The molecule has 2 aliphatic rings. The first-order valence-electron chi connectivity index (χ1n) is 12.4. The zero-order chi connectivity index (χ0) is 24.9. The second-order valence-electron chi connectivity index (χ2n) is 9.89. The van der Waals surface area contributed by atoms with E-state index < -0.39 is 26.6 Å². The summed E-state index contributed by atoms with van der Waals surface area (Å²) in [5.41, 5.74) is 7.23. The number of nitrogens with two attached hydrogens (primary N) is 1. The number of primary amides is 1. The van der Waals surface area contributed by atoms with Crippen LogP contribution in [0.4, 0.5) is 0 Å². The summed E-state index contributed by atoms with van der Waals surface area (Å²) < 4.78 is 39.0. The van der Waals surface area contributed by atoms with Crippen LogP contribution in [0.25, 0.3) is 0 Å². The molecule has 1 amide bonds. The fourth-order valence-corrected chi connectivity index (χ4v) is 6.67. The maximum absolute atomic E-state index is 12.3. The fraction of sp³-hybridized carbons (Fsp3) is 0.519. The molecule has 3 N–H and O–H groups in total. The highest BCUT2D eigenvalue weighted by Crippen LogP contribution is 2.42. The van der Waals surface area contributed by atoms with Crippen LogP contribution in [0.15, 0.2) is 54.6 Å². The zero-order valence-corrected chi connectivity index (χ0v) is 21.1. The van der Waals surface area contributed by atoms with Crippen molar-refractivity contribution in [2.75, 3.05) is 13.7 Å². The molecule has 0 saturated heterocycles. The van der Waals surface area contributed by atoms with E-state index in [2.05, 4.69) is 29.0 Å². The summed E-state index contributed by atoms with van der Waals surface area (Å²) in [6.07, 6.45) is 4.92. The molecule has 35 heavy (non-hydrogen) atoms.